The fourth-order valence-corrected chi connectivity index (χ4v) is 5.54. The number of amides is 2. The van der Waals surface area contributed by atoms with E-state index in [0.717, 1.165) is 26.6 Å². The Morgan fingerprint density at radius 1 is 1.25 bits per heavy atom. The number of halogens is 1. The number of aromatic nitrogens is 1. The van der Waals surface area contributed by atoms with Gasteiger partial charge in [-0.15, -0.1) is 11.3 Å². The Kier molecular flexibility index (Phi) is 5.49. The van der Waals surface area contributed by atoms with Crippen LogP contribution in [0.5, 0.6) is 0 Å². The molecular weight excluding hydrogens is 478 g/mol. The molecule has 0 fully saturated rings. The average Bonchev–Trinajstić information content (AvgIpc) is 3.19. The summed E-state index contributed by atoms with van der Waals surface area (Å²) in [6.45, 7) is 0. The molecule has 9 nitrogen and oxygen atoms in total. The summed E-state index contributed by atoms with van der Waals surface area (Å²) < 4.78 is 27.2. The fraction of sp³-hybridized carbons (Fsp3) is 0.100. The van der Waals surface area contributed by atoms with Gasteiger partial charge in [-0.25, -0.2) is 23.1 Å². The summed E-state index contributed by atoms with van der Waals surface area (Å²) in [5.41, 5.74) is 0.0656. The van der Waals surface area contributed by atoms with E-state index >= 15 is 0 Å². The molecule has 0 spiro atoms. The van der Waals surface area contributed by atoms with E-state index in [1.807, 2.05) is 0 Å². The Labute approximate surface area is 191 Å². The largest absolute Gasteiger partial charge is 0.477 e. The molecule has 3 aromatic rings. The Hall–Kier alpha value is -3.28. The standard InChI is InChI=1S/C20H14ClN3O6S2/c1-23(15-4-2-3-7-22-15)32(29,30)12-5-6-13(21)14(9-12)24-16(25)8-11-10-31-18(20(27)28)17(11)19(24)26/h2-7,9-10H,8H2,1H3,(H,27,28). The quantitative estimate of drug-likeness (QED) is 0.544. The van der Waals surface area contributed by atoms with Gasteiger partial charge in [-0.2, -0.15) is 0 Å². The first kappa shape index (κ1) is 21.9. The van der Waals surface area contributed by atoms with Gasteiger partial charge in [-0.1, -0.05) is 17.7 Å². The topological polar surface area (TPSA) is 125 Å². The first-order valence-corrected chi connectivity index (χ1v) is 11.7. The lowest BCUT2D eigenvalue weighted by Gasteiger charge is -2.27. The van der Waals surface area contributed by atoms with E-state index in [4.69, 9.17) is 11.6 Å². The van der Waals surface area contributed by atoms with Gasteiger partial charge in [0.05, 0.1) is 27.6 Å². The van der Waals surface area contributed by atoms with Crippen molar-refractivity contribution in [3.8, 4) is 0 Å². The summed E-state index contributed by atoms with van der Waals surface area (Å²) in [6.07, 6.45) is 1.23. The number of pyridine rings is 1. The number of carbonyl (C=O) groups is 3. The number of carbonyl (C=O) groups excluding carboxylic acids is 2. The third-order valence-corrected chi connectivity index (χ3v) is 7.95. The highest BCUT2D eigenvalue weighted by molar-refractivity contribution is 7.92. The molecule has 0 aliphatic carbocycles. The summed E-state index contributed by atoms with van der Waals surface area (Å²) in [5.74, 6) is -2.64. The molecule has 12 heteroatoms. The number of hydrogen-bond acceptors (Lipinski definition) is 7. The minimum atomic E-state index is -4.11. The number of anilines is 2. The molecule has 2 amide bonds. The van der Waals surface area contributed by atoms with Gasteiger partial charge >= 0.3 is 5.97 Å². The highest BCUT2D eigenvalue weighted by atomic mass is 35.5. The summed E-state index contributed by atoms with van der Waals surface area (Å²) in [7, 11) is -2.79. The average molecular weight is 492 g/mol. The van der Waals surface area contributed by atoms with Crippen LogP contribution in [0.1, 0.15) is 25.6 Å². The molecule has 0 saturated carbocycles. The van der Waals surface area contributed by atoms with Crippen LogP contribution < -0.4 is 9.21 Å². The van der Waals surface area contributed by atoms with Crippen molar-refractivity contribution in [1.82, 2.24) is 4.98 Å². The summed E-state index contributed by atoms with van der Waals surface area (Å²) >= 11 is 7.08. The van der Waals surface area contributed by atoms with Crippen LogP contribution in [0.4, 0.5) is 11.5 Å². The lowest BCUT2D eigenvalue weighted by Crippen LogP contribution is -2.43. The normalized spacial score (nSPS) is 13.8. The second-order valence-corrected chi connectivity index (χ2v) is 10.0. The van der Waals surface area contributed by atoms with Gasteiger partial charge in [0.25, 0.3) is 15.9 Å². The molecule has 1 aliphatic rings. The SMILES string of the molecule is CN(c1ccccn1)S(=O)(=O)c1ccc(Cl)c(N2C(=O)Cc3csc(C(=O)O)c3C2=O)c1. The molecule has 0 radical (unpaired) electrons. The number of carboxylic acid groups (broad SMARTS) is 1. The highest BCUT2D eigenvalue weighted by Gasteiger charge is 2.38. The van der Waals surface area contributed by atoms with Crippen molar-refractivity contribution in [2.75, 3.05) is 16.3 Å². The third-order valence-electron chi connectivity index (χ3n) is 4.86. The van der Waals surface area contributed by atoms with E-state index < -0.39 is 27.8 Å². The lowest BCUT2D eigenvalue weighted by molar-refractivity contribution is -0.117. The van der Waals surface area contributed by atoms with Crippen molar-refractivity contribution >= 4 is 62.2 Å². The first-order valence-electron chi connectivity index (χ1n) is 9.03. The van der Waals surface area contributed by atoms with E-state index in [2.05, 4.69) is 4.98 Å². The summed E-state index contributed by atoms with van der Waals surface area (Å²) in [4.78, 5) is 41.7. The van der Waals surface area contributed by atoms with Crippen molar-refractivity contribution < 1.29 is 27.9 Å². The molecule has 2 aromatic heterocycles. The maximum atomic E-state index is 13.1. The number of sulfonamides is 1. The fourth-order valence-electron chi connectivity index (χ4n) is 3.27. The minimum absolute atomic E-state index is 0.0401. The Morgan fingerprint density at radius 2 is 2.00 bits per heavy atom. The van der Waals surface area contributed by atoms with E-state index in [1.165, 1.54) is 36.8 Å². The molecule has 0 atom stereocenters. The number of carboxylic acids is 1. The number of hydrogen-bond donors (Lipinski definition) is 1. The van der Waals surface area contributed by atoms with Gasteiger partial charge in [-0.3, -0.25) is 13.9 Å². The molecule has 0 unspecified atom stereocenters. The van der Waals surface area contributed by atoms with Crippen LogP contribution in [0, 0.1) is 0 Å². The summed E-state index contributed by atoms with van der Waals surface area (Å²) in [6, 6.07) is 8.41. The van der Waals surface area contributed by atoms with Crippen LogP contribution in [0.3, 0.4) is 0 Å². The molecule has 4 rings (SSSR count). The number of thiophene rings is 1. The maximum Gasteiger partial charge on any atom is 0.346 e. The molecule has 164 valence electrons. The van der Waals surface area contributed by atoms with Gasteiger partial charge in [0.1, 0.15) is 10.7 Å². The van der Waals surface area contributed by atoms with Crippen LogP contribution in [0.2, 0.25) is 5.02 Å². The third kappa shape index (κ3) is 3.53. The Bertz CT molecular complexity index is 1370. The van der Waals surface area contributed by atoms with Crippen molar-refractivity contribution in [1.29, 1.82) is 0 Å². The maximum absolute atomic E-state index is 13.1. The molecule has 0 saturated heterocycles. The van der Waals surface area contributed by atoms with Crippen molar-refractivity contribution in [3.63, 3.8) is 0 Å². The van der Waals surface area contributed by atoms with E-state index in [9.17, 15) is 27.9 Å². The molecule has 1 aromatic carbocycles. The predicted octanol–water partition coefficient (Wildman–Crippen LogP) is 3.05. The zero-order valence-electron chi connectivity index (χ0n) is 16.4. The number of aromatic carboxylic acids is 1. The first-order chi connectivity index (χ1) is 15.1. The van der Waals surface area contributed by atoms with Gasteiger partial charge in [0.15, 0.2) is 0 Å². The van der Waals surface area contributed by atoms with Crippen LogP contribution in [-0.4, -0.2) is 43.3 Å². The summed E-state index contributed by atoms with van der Waals surface area (Å²) in [5, 5.41) is 10.8. The molecule has 1 aliphatic heterocycles. The number of benzene rings is 1. The highest BCUT2D eigenvalue weighted by Crippen LogP contribution is 2.36. The number of imide groups is 1. The van der Waals surface area contributed by atoms with E-state index in [1.54, 1.807) is 12.1 Å². The number of nitrogens with zero attached hydrogens (tertiary/aromatic N) is 3. The second-order valence-electron chi connectivity index (χ2n) is 6.75. The van der Waals surface area contributed by atoms with Crippen molar-refractivity contribution in [2.24, 2.45) is 0 Å². The Balaban J connectivity index is 1.79. The molecule has 3 heterocycles. The lowest BCUT2D eigenvalue weighted by atomic mass is 10.0. The molecule has 0 bridgehead atoms. The zero-order valence-corrected chi connectivity index (χ0v) is 18.7. The smallest absolute Gasteiger partial charge is 0.346 e. The van der Waals surface area contributed by atoms with Gasteiger partial charge in [-0.05, 0) is 41.3 Å². The monoisotopic (exact) mass is 491 g/mol. The van der Waals surface area contributed by atoms with Crippen molar-refractivity contribution in [3.05, 3.63) is 69.0 Å². The molecule has 32 heavy (non-hydrogen) atoms. The van der Waals surface area contributed by atoms with Crippen LogP contribution >= 0.6 is 22.9 Å². The van der Waals surface area contributed by atoms with Gasteiger partial charge in [0.2, 0.25) is 5.91 Å². The zero-order chi connectivity index (χ0) is 23.2. The van der Waals surface area contributed by atoms with E-state index in [-0.39, 0.29) is 38.3 Å². The molecular formula is C20H14ClN3O6S2. The van der Waals surface area contributed by atoms with Crippen molar-refractivity contribution in [2.45, 2.75) is 11.3 Å². The van der Waals surface area contributed by atoms with Crippen LogP contribution in [-0.2, 0) is 21.2 Å². The van der Waals surface area contributed by atoms with Gasteiger partial charge in [0, 0.05) is 13.2 Å². The van der Waals surface area contributed by atoms with E-state index in [0.29, 0.717) is 5.56 Å². The second kappa shape index (κ2) is 8.01. The van der Waals surface area contributed by atoms with Crippen LogP contribution in [0.15, 0.2) is 52.9 Å². The molecule has 1 N–H and O–H groups in total. The predicted molar refractivity (Wildman–Crippen MR) is 118 cm³/mol. The number of rotatable bonds is 5. The number of fused-ring (bicyclic) bond motifs is 1. The van der Waals surface area contributed by atoms with Gasteiger partial charge < -0.3 is 5.11 Å². The van der Waals surface area contributed by atoms with Crippen LogP contribution in [0.25, 0.3) is 0 Å². The Morgan fingerprint density at radius 3 is 2.66 bits per heavy atom. The minimum Gasteiger partial charge on any atom is -0.477 e.